The van der Waals surface area contributed by atoms with Crippen LogP contribution in [0, 0.1) is 0 Å². The lowest BCUT2D eigenvalue weighted by atomic mass is 9.77. The number of aliphatic carboxylic acids is 1. The van der Waals surface area contributed by atoms with Crippen LogP contribution in [0.3, 0.4) is 0 Å². The molecule has 0 aliphatic heterocycles. The zero-order chi connectivity index (χ0) is 13.2. The van der Waals surface area contributed by atoms with E-state index in [2.05, 4.69) is 0 Å². The number of carboxylic acid groups (broad SMARTS) is 1. The second-order valence-electron chi connectivity index (χ2n) is 4.82. The van der Waals surface area contributed by atoms with Crippen molar-refractivity contribution >= 4 is 17.6 Å². The summed E-state index contributed by atoms with van der Waals surface area (Å²) in [5, 5.41) is 9.66. The van der Waals surface area contributed by atoms with Crippen LogP contribution in [0.5, 0.6) is 5.75 Å². The van der Waals surface area contributed by atoms with E-state index in [9.17, 15) is 4.79 Å². The molecule has 1 fully saturated rings. The Morgan fingerprint density at radius 2 is 2.22 bits per heavy atom. The molecule has 1 aromatic carbocycles. The Hall–Kier alpha value is -1.22. The Morgan fingerprint density at radius 1 is 1.50 bits per heavy atom. The van der Waals surface area contributed by atoms with Gasteiger partial charge in [-0.25, -0.2) is 0 Å². The summed E-state index contributed by atoms with van der Waals surface area (Å²) in [5.41, 5.74) is 0.518. The molecule has 0 saturated heterocycles. The lowest BCUT2D eigenvalue weighted by molar-refractivity contribution is -0.144. The Kier molecular flexibility index (Phi) is 3.81. The average Bonchev–Trinajstić information content (AvgIpc) is 2.28. The normalized spacial score (nSPS) is 17.0. The Bertz CT molecular complexity index is 452. The number of aryl methyl sites for hydroxylation is 1. The molecule has 1 aliphatic carbocycles. The van der Waals surface area contributed by atoms with Gasteiger partial charge >= 0.3 is 5.97 Å². The third kappa shape index (κ3) is 2.78. The summed E-state index contributed by atoms with van der Waals surface area (Å²) >= 11 is 6.05. The highest BCUT2D eigenvalue weighted by Crippen LogP contribution is 2.40. The number of hydrogen-bond donors (Lipinski definition) is 1. The quantitative estimate of drug-likeness (QED) is 0.886. The molecule has 2 rings (SSSR count). The maximum atomic E-state index is 10.9. The molecule has 0 bridgehead atoms. The molecule has 1 aromatic rings. The highest BCUT2D eigenvalue weighted by Gasteiger charge is 2.41. The maximum absolute atomic E-state index is 10.9. The highest BCUT2D eigenvalue weighted by atomic mass is 35.5. The number of hydrogen-bond acceptors (Lipinski definition) is 2. The molecule has 0 aromatic heterocycles. The van der Waals surface area contributed by atoms with Crippen molar-refractivity contribution in [2.75, 3.05) is 0 Å². The van der Waals surface area contributed by atoms with Gasteiger partial charge in [0.2, 0.25) is 0 Å². The predicted molar refractivity (Wildman–Crippen MR) is 70.3 cm³/mol. The fourth-order valence-corrected chi connectivity index (χ4v) is 2.55. The van der Waals surface area contributed by atoms with E-state index >= 15 is 0 Å². The molecule has 1 N–H and O–H groups in total. The smallest absolute Gasteiger partial charge is 0.307 e. The molecule has 0 unspecified atom stereocenters. The minimum Gasteiger partial charge on any atom is -0.487 e. The summed E-state index contributed by atoms with van der Waals surface area (Å²) in [6.45, 7) is 2.03. The first-order valence-corrected chi connectivity index (χ1v) is 6.62. The van der Waals surface area contributed by atoms with Gasteiger partial charge in [0.1, 0.15) is 11.4 Å². The van der Waals surface area contributed by atoms with Crippen molar-refractivity contribution in [1.29, 1.82) is 0 Å². The van der Waals surface area contributed by atoms with Crippen LogP contribution in [-0.4, -0.2) is 16.7 Å². The van der Waals surface area contributed by atoms with Crippen LogP contribution >= 0.6 is 11.6 Å². The second kappa shape index (κ2) is 5.19. The maximum Gasteiger partial charge on any atom is 0.307 e. The van der Waals surface area contributed by atoms with Crippen LogP contribution in [0.1, 0.15) is 38.2 Å². The third-order valence-electron chi connectivity index (χ3n) is 3.47. The largest absolute Gasteiger partial charge is 0.487 e. The fourth-order valence-electron chi connectivity index (χ4n) is 2.30. The Morgan fingerprint density at radius 3 is 2.72 bits per heavy atom. The van der Waals surface area contributed by atoms with E-state index in [1.165, 1.54) is 0 Å². The van der Waals surface area contributed by atoms with Gasteiger partial charge in [-0.3, -0.25) is 4.79 Å². The van der Waals surface area contributed by atoms with Crippen molar-refractivity contribution in [3.05, 3.63) is 28.8 Å². The molecule has 0 heterocycles. The van der Waals surface area contributed by atoms with Gasteiger partial charge in [0.05, 0.1) is 6.42 Å². The molecular formula is C14H17ClO3. The highest BCUT2D eigenvalue weighted by molar-refractivity contribution is 6.31. The summed E-state index contributed by atoms with van der Waals surface area (Å²) in [7, 11) is 0. The van der Waals surface area contributed by atoms with Gasteiger partial charge in [-0.15, -0.1) is 0 Å². The molecule has 3 nitrogen and oxygen atoms in total. The minimum absolute atomic E-state index is 0.0666. The van der Waals surface area contributed by atoms with Crippen molar-refractivity contribution in [2.24, 2.45) is 0 Å². The van der Waals surface area contributed by atoms with Crippen molar-refractivity contribution in [1.82, 2.24) is 0 Å². The third-order valence-corrected chi connectivity index (χ3v) is 3.84. The van der Waals surface area contributed by atoms with E-state index in [0.717, 1.165) is 42.0 Å². The van der Waals surface area contributed by atoms with Crippen molar-refractivity contribution in [3.63, 3.8) is 0 Å². The fraction of sp³-hybridized carbons (Fsp3) is 0.500. The molecule has 0 amide bonds. The average molecular weight is 269 g/mol. The Balaban J connectivity index is 2.14. The Labute approximate surface area is 112 Å². The van der Waals surface area contributed by atoms with Gasteiger partial charge in [0.25, 0.3) is 0 Å². The van der Waals surface area contributed by atoms with Gasteiger partial charge in [-0.1, -0.05) is 18.5 Å². The zero-order valence-electron chi connectivity index (χ0n) is 10.4. The number of halogens is 1. The molecule has 1 saturated carbocycles. The van der Waals surface area contributed by atoms with Crippen LogP contribution in [0.4, 0.5) is 0 Å². The predicted octanol–water partition coefficient (Wildman–Crippen LogP) is 3.68. The lowest BCUT2D eigenvalue weighted by Crippen LogP contribution is -2.45. The van der Waals surface area contributed by atoms with E-state index in [0.29, 0.717) is 0 Å². The van der Waals surface area contributed by atoms with Crippen LogP contribution in [0.25, 0.3) is 0 Å². The lowest BCUT2D eigenvalue weighted by Gasteiger charge is -2.40. The number of benzene rings is 1. The standard InChI is InChI=1S/C14H17ClO3/c1-2-10-8-11(4-5-12(10)15)18-14(6-3-7-14)9-13(16)17/h4-5,8H,2-3,6-7,9H2,1H3,(H,16,17). The second-order valence-corrected chi connectivity index (χ2v) is 5.22. The molecule has 0 radical (unpaired) electrons. The number of carboxylic acids is 1. The molecule has 4 heteroatoms. The summed E-state index contributed by atoms with van der Waals surface area (Å²) < 4.78 is 5.91. The van der Waals surface area contributed by atoms with Crippen molar-refractivity contribution in [3.8, 4) is 5.75 Å². The monoisotopic (exact) mass is 268 g/mol. The topological polar surface area (TPSA) is 46.5 Å². The molecular weight excluding hydrogens is 252 g/mol. The van der Waals surface area contributed by atoms with E-state index in [-0.39, 0.29) is 6.42 Å². The van der Waals surface area contributed by atoms with Crippen LogP contribution < -0.4 is 4.74 Å². The summed E-state index contributed by atoms with van der Waals surface area (Å²) in [4.78, 5) is 10.9. The molecule has 98 valence electrons. The summed E-state index contributed by atoms with van der Waals surface area (Å²) in [6.07, 6.45) is 3.55. The van der Waals surface area contributed by atoms with Crippen molar-refractivity contribution in [2.45, 2.75) is 44.6 Å². The first-order chi connectivity index (χ1) is 8.54. The van der Waals surface area contributed by atoms with E-state index in [1.807, 2.05) is 25.1 Å². The zero-order valence-corrected chi connectivity index (χ0v) is 11.2. The van der Waals surface area contributed by atoms with Gasteiger partial charge in [0, 0.05) is 5.02 Å². The summed E-state index contributed by atoms with van der Waals surface area (Å²) in [6, 6.07) is 5.52. The summed E-state index contributed by atoms with van der Waals surface area (Å²) in [5.74, 6) is -0.0865. The van der Waals surface area contributed by atoms with Crippen LogP contribution in [0.15, 0.2) is 18.2 Å². The van der Waals surface area contributed by atoms with Crippen LogP contribution in [0.2, 0.25) is 5.02 Å². The molecule has 1 aliphatic rings. The molecule has 0 atom stereocenters. The number of ether oxygens (including phenoxy) is 1. The first-order valence-electron chi connectivity index (χ1n) is 6.24. The van der Waals surface area contributed by atoms with Crippen LogP contribution in [-0.2, 0) is 11.2 Å². The van der Waals surface area contributed by atoms with Gasteiger partial charge in [0.15, 0.2) is 0 Å². The van der Waals surface area contributed by atoms with Gasteiger partial charge in [-0.2, -0.15) is 0 Å². The molecule has 18 heavy (non-hydrogen) atoms. The van der Waals surface area contributed by atoms with E-state index in [4.69, 9.17) is 21.4 Å². The van der Waals surface area contributed by atoms with E-state index < -0.39 is 11.6 Å². The number of rotatable bonds is 5. The first kappa shape index (κ1) is 13.2. The minimum atomic E-state index is -0.806. The molecule has 0 spiro atoms. The van der Waals surface area contributed by atoms with E-state index in [1.54, 1.807) is 0 Å². The SMILES string of the molecule is CCc1cc(OC2(CC(=O)O)CCC2)ccc1Cl. The van der Waals surface area contributed by atoms with Gasteiger partial charge < -0.3 is 9.84 Å². The number of carbonyl (C=O) groups is 1. The van der Waals surface area contributed by atoms with Gasteiger partial charge in [-0.05, 0) is 49.4 Å². The van der Waals surface area contributed by atoms with Crippen molar-refractivity contribution < 1.29 is 14.6 Å².